The fourth-order valence-electron chi connectivity index (χ4n) is 3.22. The number of hydrogen-bond acceptors (Lipinski definition) is 1. The number of rotatable bonds is 2. The van der Waals surface area contributed by atoms with Crippen LogP contribution in [-0.2, 0) is 0 Å². The van der Waals surface area contributed by atoms with E-state index in [1.807, 2.05) is 12.1 Å². The summed E-state index contributed by atoms with van der Waals surface area (Å²) < 4.78 is 8.25. The van der Waals surface area contributed by atoms with Gasteiger partial charge in [-0.2, -0.15) is 0 Å². The smallest absolute Gasteiger partial charge is 0.120 e. The molecule has 120 valence electrons. The molecule has 4 aromatic rings. The zero-order chi connectivity index (χ0) is 16.7. The van der Waals surface area contributed by atoms with Crippen molar-refractivity contribution in [3.05, 3.63) is 72.8 Å². The van der Waals surface area contributed by atoms with Gasteiger partial charge in [0.25, 0.3) is 0 Å². The van der Waals surface area contributed by atoms with E-state index in [1.54, 1.807) is 0 Å². The summed E-state index contributed by atoms with van der Waals surface area (Å²) in [7, 11) is 0. The molecule has 0 aliphatic carbocycles. The molecule has 0 atom stereocenters. The molecule has 24 heavy (non-hydrogen) atoms. The molecule has 0 spiro atoms. The van der Waals surface area contributed by atoms with Gasteiger partial charge in [0.15, 0.2) is 0 Å². The molecule has 1 heterocycles. The molecule has 0 amide bonds. The van der Waals surface area contributed by atoms with Crippen LogP contribution in [0.1, 0.15) is 20.8 Å². The van der Waals surface area contributed by atoms with E-state index in [4.69, 9.17) is 4.74 Å². The van der Waals surface area contributed by atoms with E-state index in [1.165, 1.54) is 21.8 Å². The lowest BCUT2D eigenvalue weighted by Crippen LogP contribution is -2.22. The molecule has 3 aromatic carbocycles. The third-order valence-electron chi connectivity index (χ3n) is 4.10. The summed E-state index contributed by atoms with van der Waals surface area (Å²) in [6.07, 6.45) is 0. The Hall–Kier alpha value is -2.74. The van der Waals surface area contributed by atoms with Crippen LogP contribution in [0, 0.1) is 0 Å². The van der Waals surface area contributed by atoms with Crippen molar-refractivity contribution in [1.29, 1.82) is 0 Å². The van der Waals surface area contributed by atoms with Crippen LogP contribution < -0.4 is 4.74 Å². The second-order valence-electron chi connectivity index (χ2n) is 7.08. The van der Waals surface area contributed by atoms with Gasteiger partial charge in [0.05, 0.1) is 11.0 Å². The normalized spacial score (nSPS) is 12.0. The van der Waals surface area contributed by atoms with E-state index >= 15 is 0 Å². The molecule has 1 aromatic heterocycles. The molecule has 0 saturated heterocycles. The maximum Gasteiger partial charge on any atom is 0.120 e. The Bertz CT molecular complexity index is 950. The van der Waals surface area contributed by atoms with E-state index in [0.717, 1.165) is 11.4 Å². The maximum absolute atomic E-state index is 5.94. The van der Waals surface area contributed by atoms with Gasteiger partial charge in [-0.05, 0) is 57.2 Å². The van der Waals surface area contributed by atoms with Gasteiger partial charge in [-0.25, -0.2) is 0 Å². The first-order valence-corrected chi connectivity index (χ1v) is 8.31. The molecule has 0 fully saturated rings. The SMILES string of the molecule is CC(C)(C)Oc1ccc(-n2c3ccccc3c3ccccc32)cc1. The van der Waals surface area contributed by atoms with Gasteiger partial charge in [-0.1, -0.05) is 36.4 Å². The second kappa shape index (κ2) is 5.41. The Morgan fingerprint density at radius 1 is 0.667 bits per heavy atom. The number of para-hydroxylation sites is 2. The lowest BCUT2D eigenvalue weighted by Gasteiger charge is -2.21. The summed E-state index contributed by atoms with van der Waals surface area (Å²) >= 11 is 0. The van der Waals surface area contributed by atoms with Crippen LogP contribution in [-0.4, -0.2) is 10.2 Å². The first kappa shape index (κ1) is 14.8. The molecular weight excluding hydrogens is 294 g/mol. The molecule has 0 saturated carbocycles. The lowest BCUT2D eigenvalue weighted by atomic mass is 10.2. The summed E-state index contributed by atoms with van der Waals surface area (Å²) in [5, 5.41) is 2.56. The van der Waals surface area contributed by atoms with Crippen molar-refractivity contribution >= 4 is 21.8 Å². The first-order valence-electron chi connectivity index (χ1n) is 8.31. The molecule has 2 heteroatoms. The summed E-state index contributed by atoms with van der Waals surface area (Å²) in [5.74, 6) is 0.895. The number of benzene rings is 3. The van der Waals surface area contributed by atoms with E-state index in [-0.39, 0.29) is 5.60 Å². The fraction of sp³-hybridized carbons (Fsp3) is 0.182. The maximum atomic E-state index is 5.94. The molecule has 4 rings (SSSR count). The van der Waals surface area contributed by atoms with Crippen LogP contribution in [0.15, 0.2) is 72.8 Å². The average Bonchev–Trinajstić information content (AvgIpc) is 2.89. The van der Waals surface area contributed by atoms with Gasteiger partial charge >= 0.3 is 0 Å². The molecule has 0 radical (unpaired) electrons. The van der Waals surface area contributed by atoms with Gasteiger partial charge in [-0.3, -0.25) is 0 Å². The number of fused-ring (bicyclic) bond motifs is 3. The fourth-order valence-corrected chi connectivity index (χ4v) is 3.22. The quantitative estimate of drug-likeness (QED) is 0.445. The van der Waals surface area contributed by atoms with Gasteiger partial charge in [0.2, 0.25) is 0 Å². The largest absolute Gasteiger partial charge is 0.488 e. The predicted octanol–water partition coefficient (Wildman–Crippen LogP) is 5.96. The highest BCUT2D eigenvalue weighted by Crippen LogP contribution is 2.32. The van der Waals surface area contributed by atoms with E-state index in [0.29, 0.717) is 0 Å². The van der Waals surface area contributed by atoms with Crippen LogP contribution in [0.4, 0.5) is 0 Å². The Morgan fingerprint density at radius 2 is 1.17 bits per heavy atom. The van der Waals surface area contributed by atoms with Crippen molar-refractivity contribution in [3.63, 3.8) is 0 Å². The van der Waals surface area contributed by atoms with Gasteiger partial charge in [0, 0.05) is 16.5 Å². The van der Waals surface area contributed by atoms with Crippen LogP contribution in [0.5, 0.6) is 5.75 Å². The van der Waals surface area contributed by atoms with E-state index < -0.39 is 0 Å². The Kier molecular flexibility index (Phi) is 3.34. The van der Waals surface area contributed by atoms with Crippen LogP contribution >= 0.6 is 0 Å². The minimum atomic E-state index is -0.186. The van der Waals surface area contributed by atoms with Gasteiger partial charge in [0.1, 0.15) is 11.4 Å². The minimum absolute atomic E-state index is 0.186. The molecular formula is C22H21NO. The van der Waals surface area contributed by atoms with Crippen molar-refractivity contribution in [2.75, 3.05) is 0 Å². The molecule has 0 N–H and O–H groups in total. The summed E-state index contributed by atoms with van der Waals surface area (Å²) in [6, 6.07) is 25.4. The monoisotopic (exact) mass is 315 g/mol. The number of nitrogens with zero attached hydrogens (tertiary/aromatic N) is 1. The van der Waals surface area contributed by atoms with Gasteiger partial charge < -0.3 is 9.30 Å². The van der Waals surface area contributed by atoms with Crippen LogP contribution in [0.3, 0.4) is 0 Å². The molecule has 0 aliphatic rings. The summed E-state index contributed by atoms with van der Waals surface area (Å²) in [5.41, 5.74) is 3.41. The highest BCUT2D eigenvalue weighted by molar-refractivity contribution is 6.09. The highest BCUT2D eigenvalue weighted by Gasteiger charge is 2.13. The van der Waals surface area contributed by atoms with E-state index in [9.17, 15) is 0 Å². The zero-order valence-corrected chi connectivity index (χ0v) is 14.3. The predicted molar refractivity (Wildman–Crippen MR) is 101 cm³/mol. The third-order valence-corrected chi connectivity index (χ3v) is 4.10. The summed E-state index contributed by atoms with van der Waals surface area (Å²) in [4.78, 5) is 0. The lowest BCUT2D eigenvalue weighted by molar-refractivity contribution is 0.131. The molecule has 0 bridgehead atoms. The molecule has 2 nitrogen and oxygen atoms in total. The molecule has 0 unspecified atom stereocenters. The summed E-state index contributed by atoms with van der Waals surface area (Å²) in [6.45, 7) is 6.19. The Labute approximate surface area is 142 Å². The third kappa shape index (κ3) is 2.54. The van der Waals surface area contributed by atoms with Crippen molar-refractivity contribution in [3.8, 4) is 11.4 Å². The van der Waals surface area contributed by atoms with Crippen molar-refractivity contribution in [2.45, 2.75) is 26.4 Å². The van der Waals surface area contributed by atoms with Crippen molar-refractivity contribution < 1.29 is 4.74 Å². The number of aromatic nitrogens is 1. The minimum Gasteiger partial charge on any atom is -0.488 e. The topological polar surface area (TPSA) is 14.2 Å². The van der Waals surface area contributed by atoms with Crippen LogP contribution in [0.2, 0.25) is 0 Å². The van der Waals surface area contributed by atoms with Crippen molar-refractivity contribution in [1.82, 2.24) is 4.57 Å². The van der Waals surface area contributed by atoms with Gasteiger partial charge in [-0.15, -0.1) is 0 Å². The van der Waals surface area contributed by atoms with Crippen LogP contribution in [0.25, 0.3) is 27.5 Å². The average molecular weight is 315 g/mol. The Balaban J connectivity index is 1.89. The molecule has 0 aliphatic heterocycles. The second-order valence-corrected chi connectivity index (χ2v) is 7.08. The number of hydrogen-bond donors (Lipinski definition) is 0. The standard InChI is InChI=1S/C22H21NO/c1-22(2,3)24-17-14-12-16(13-15-17)23-20-10-6-4-8-18(20)19-9-5-7-11-21(19)23/h4-15H,1-3H3. The van der Waals surface area contributed by atoms with Crippen molar-refractivity contribution in [2.24, 2.45) is 0 Å². The zero-order valence-electron chi connectivity index (χ0n) is 14.3. The first-order chi connectivity index (χ1) is 11.5. The highest BCUT2D eigenvalue weighted by atomic mass is 16.5. The van der Waals surface area contributed by atoms with E-state index in [2.05, 4.69) is 86.0 Å². The number of ether oxygens (including phenoxy) is 1. The Morgan fingerprint density at radius 3 is 1.67 bits per heavy atom.